The summed E-state index contributed by atoms with van der Waals surface area (Å²) in [6.45, 7) is 8.10. The molecule has 18 heavy (non-hydrogen) atoms. The first-order valence-corrected chi connectivity index (χ1v) is 6.56. The van der Waals surface area contributed by atoms with Gasteiger partial charge in [0.1, 0.15) is 0 Å². The van der Waals surface area contributed by atoms with E-state index in [2.05, 4.69) is 24.6 Å². The van der Waals surface area contributed by atoms with Crippen LogP contribution in [0.4, 0.5) is 0 Å². The third kappa shape index (κ3) is 2.27. The maximum atomic E-state index is 11.9. The lowest BCUT2D eigenvalue weighted by Gasteiger charge is -2.15. The van der Waals surface area contributed by atoms with Crippen LogP contribution in [0, 0.1) is 23.7 Å². The van der Waals surface area contributed by atoms with Crippen LogP contribution in [-0.2, 0) is 4.79 Å². The van der Waals surface area contributed by atoms with Gasteiger partial charge in [0.2, 0.25) is 5.91 Å². The summed E-state index contributed by atoms with van der Waals surface area (Å²) in [5.74, 6) is 1.84. The number of aliphatic hydroxyl groups excluding tert-OH is 1. The van der Waals surface area contributed by atoms with Crippen molar-refractivity contribution in [3.63, 3.8) is 0 Å². The van der Waals surface area contributed by atoms with Gasteiger partial charge in [0, 0.05) is 12.1 Å². The van der Waals surface area contributed by atoms with Gasteiger partial charge in [0.05, 0.1) is 6.61 Å². The Morgan fingerprint density at radius 3 is 2.78 bits per heavy atom. The number of carbonyl (C=O) groups excluding carboxylic acids is 1. The number of hydrogen-bond acceptors (Lipinski definition) is 2. The average molecular weight is 247 g/mol. The highest BCUT2D eigenvalue weighted by molar-refractivity contribution is 5.94. The molecule has 0 saturated heterocycles. The van der Waals surface area contributed by atoms with E-state index in [9.17, 15) is 4.79 Å². The Hall–Kier alpha value is -1.35. The van der Waals surface area contributed by atoms with Gasteiger partial charge in [0.25, 0.3) is 0 Å². The van der Waals surface area contributed by atoms with Crippen LogP contribution < -0.4 is 5.32 Å². The number of amides is 1. The molecule has 4 unspecified atom stereocenters. The fourth-order valence-electron chi connectivity index (χ4n) is 3.31. The first-order valence-electron chi connectivity index (χ1n) is 6.56. The van der Waals surface area contributed by atoms with Crippen LogP contribution in [0.2, 0.25) is 0 Å². The number of carbonyl (C=O) groups is 1. The third-order valence-electron chi connectivity index (χ3n) is 4.23. The molecule has 0 radical (unpaired) electrons. The average Bonchev–Trinajstić information content (AvgIpc) is 2.94. The Balaban J connectivity index is 2.08. The van der Waals surface area contributed by atoms with E-state index >= 15 is 0 Å². The second-order valence-corrected chi connectivity index (χ2v) is 5.15. The topological polar surface area (TPSA) is 49.3 Å². The van der Waals surface area contributed by atoms with Crippen molar-refractivity contribution in [2.24, 2.45) is 23.7 Å². The van der Waals surface area contributed by atoms with Crippen molar-refractivity contribution >= 4 is 5.91 Å². The number of rotatable bonds is 5. The van der Waals surface area contributed by atoms with Gasteiger partial charge in [-0.05, 0) is 36.5 Å². The lowest BCUT2D eigenvalue weighted by molar-refractivity contribution is -0.117. The van der Waals surface area contributed by atoms with Gasteiger partial charge in [0.15, 0.2) is 0 Å². The number of nitrogens with one attached hydrogen (secondary N) is 1. The maximum absolute atomic E-state index is 11.9. The molecule has 1 amide bonds. The van der Waals surface area contributed by atoms with Gasteiger partial charge >= 0.3 is 0 Å². The monoisotopic (exact) mass is 247 g/mol. The van der Waals surface area contributed by atoms with Crippen molar-refractivity contribution in [1.82, 2.24) is 5.32 Å². The van der Waals surface area contributed by atoms with Crippen molar-refractivity contribution in [3.05, 3.63) is 37.0 Å². The van der Waals surface area contributed by atoms with E-state index in [4.69, 9.17) is 5.11 Å². The van der Waals surface area contributed by atoms with Crippen molar-refractivity contribution in [1.29, 1.82) is 0 Å². The normalized spacial score (nSPS) is 33.7. The Labute approximate surface area is 108 Å². The molecule has 2 N–H and O–H groups in total. The van der Waals surface area contributed by atoms with Crippen LogP contribution in [0.5, 0.6) is 0 Å². The molecule has 0 aromatic rings. The molecule has 0 heterocycles. The summed E-state index contributed by atoms with van der Waals surface area (Å²) in [6.07, 6.45) is 8.05. The van der Waals surface area contributed by atoms with Gasteiger partial charge in [-0.25, -0.2) is 0 Å². The molecule has 3 nitrogen and oxygen atoms in total. The van der Waals surface area contributed by atoms with E-state index in [1.54, 1.807) is 0 Å². The molecule has 0 aliphatic heterocycles. The minimum absolute atomic E-state index is 0.0174. The summed E-state index contributed by atoms with van der Waals surface area (Å²) in [5, 5.41) is 11.4. The standard InChI is InChI=1S/C15H21NO2/c1-3-10-7-11(4-2)14-9-12(8-13(10)14)15(18)16-5-6-17/h3-4,8,10-11,13-14,17H,1-2,5-7,9H2,(H,16,18). The molecule has 0 bridgehead atoms. The first kappa shape index (κ1) is 13.1. The van der Waals surface area contributed by atoms with E-state index in [1.165, 1.54) is 0 Å². The van der Waals surface area contributed by atoms with Gasteiger partial charge in [-0.1, -0.05) is 18.2 Å². The summed E-state index contributed by atoms with van der Waals surface area (Å²) in [5.41, 5.74) is 0.858. The summed E-state index contributed by atoms with van der Waals surface area (Å²) >= 11 is 0. The van der Waals surface area contributed by atoms with Gasteiger partial charge in [-0.2, -0.15) is 0 Å². The highest BCUT2D eigenvalue weighted by Gasteiger charge is 2.43. The number of fused-ring (bicyclic) bond motifs is 1. The Morgan fingerprint density at radius 1 is 1.44 bits per heavy atom. The summed E-state index contributed by atoms with van der Waals surface area (Å²) in [4.78, 5) is 11.9. The molecule has 2 aliphatic carbocycles. The highest BCUT2D eigenvalue weighted by Crippen LogP contribution is 2.50. The predicted molar refractivity (Wildman–Crippen MR) is 71.8 cm³/mol. The number of allylic oxidation sites excluding steroid dienone is 3. The SMILES string of the molecule is C=CC1CC(C=C)C2CC(C(=O)NCCO)=CC12. The zero-order valence-electron chi connectivity index (χ0n) is 10.6. The van der Waals surface area contributed by atoms with E-state index in [-0.39, 0.29) is 12.5 Å². The molecule has 98 valence electrons. The quantitative estimate of drug-likeness (QED) is 0.726. The van der Waals surface area contributed by atoms with Crippen molar-refractivity contribution < 1.29 is 9.90 Å². The lowest BCUT2D eigenvalue weighted by atomic mass is 9.89. The Kier molecular flexibility index (Phi) is 4.02. The number of aliphatic hydroxyl groups is 1. The fourth-order valence-corrected chi connectivity index (χ4v) is 3.31. The third-order valence-corrected chi connectivity index (χ3v) is 4.23. The van der Waals surface area contributed by atoms with E-state index in [0.717, 1.165) is 18.4 Å². The number of hydrogen-bond donors (Lipinski definition) is 2. The fraction of sp³-hybridized carbons (Fsp3) is 0.533. The van der Waals surface area contributed by atoms with Crippen LogP contribution in [0.3, 0.4) is 0 Å². The predicted octanol–water partition coefficient (Wildman–Crippen LogP) is 1.67. The highest BCUT2D eigenvalue weighted by atomic mass is 16.3. The minimum atomic E-state index is -0.0379. The summed E-state index contributed by atoms with van der Waals surface area (Å²) in [6, 6.07) is 0. The van der Waals surface area contributed by atoms with Crippen molar-refractivity contribution in [2.75, 3.05) is 13.2 Å². The largest absolute Gasteiger partial charge is 0.395 e. The maximum Gasteiger partial charge on any atom is 0.246 e. The molecule has 0 aromatic carbocycles. The van der Waals surface area contributed by atoms with E-state index < -0.39 is 0 Å². The molecule has 0 spiro atoms. The Bertz CT molecular complexity index is 386. The summed E-state index contributed by atoms with van der Waals surface area (Å²) in [7, 11) is 0. The summed E-state index contributed by atoms with van der Waals surface area (Å²) < 4.78 is 0. The molecule has 3 heteroatoms. The Morgan fingerprint density at radius 2 is 2.17 bits per heavy atom. The second kappa shape index (κ2) is 5.53. The van der Waals surface area contributed by atoms with Crippen LogP contribution >= 0.6 is 0 Å². The smallest absolute Gasteiger partial charge is 0.246 e. The molecule has 2 rings (SSSR count). The van der Waals surface area contributed by atoms with Gasteiger partial charge < -0.3 is 10.4 Å². The zero-order chi connectivity index (χ0) is 13.1. The minimum Gasteiger partial charge on any atom is -0.395 e. The van der Waals surface area contributed by atoms with Gasteiger partial charge in [-0.15, -0.1) is 13.2 Å². The lowest BCUT2D eigenvalue weighted by Crippen LogP contribution is -2.27. The molecule has 1 saturated carbocycles. The van der Waals surface area contributed by atoms with Crippen molar-refractivity contribution in [2.45, 2.75) is 12.8 Å². The second-order valence-electron chi connectivity index (χ2n) is 5.15. The van der Waals surface area contributed by atoms with E-state index in [1.807, 2.05) is 12.2 Å². The molecule has 1 fully saturated rings. The molecular weight excluding hydrogens is 226 g/mol. The van der Waals surface area contributed by atoms with Gasteiger partial charge in [-0.3, -0.25) is 4.79 Å². The van der Waals surface area contributed by atoms with Crippen LogP contribution in [0.15, 0.2) is 37.0 Å². The van der Waals surface area contributed by atoms with Crippen LogP contribution in [0.25, 0.3) is 0 Å². The zero-order valence-corrected chi connectivity index (χ0v) is 10.6. The van der Waals surface area contributed by atoms with Crippen LogP contribution in [-0.4, -0.2) is 24.2 Å². The molecule has 0 aromatic heterocycles. The molecular formula is C15H21NO2. The molecule has 4 atom stereocenters. The first-order chi connectivity index (χ1) is 8.71. The molecule has 2 aliphatic rings. The van der Waals surface area contributed by atoms with E-state index in [0.29, 0.717) is 30.2 Å². The van der Waals surface area contributed by atoms with Crippen LogP contribution in [0.1, 0.15) is 12.8 Å². The van der Waals surface area contributed by atoms with Crippen molar-refractivity contribution in [3.8, 4) is 0 Å².